The first kappa shape index (κ1) is 25.1. The molecule has 0 aliphatic rings. The molecule has 14 nitrogen and oxygen atoms in total. The Labute approximate surface area is 116 Å². The molecule has 12 N–H and O–H groups in total. The number of guanidine groups is 2. The molecule has 0 rings (SSSR count). The number of primary amides is 2. The number of amides is 4. The monoisotopic (exact) mass is 329 g/mol. The molecule has 4 amide bonds. The first-order valence-corrected chi connectivity index (χ1v) is 3.58. The molecule has 0 aliphatic heterocycles. The summed E-state index contributed by atoms with van der Waals surface area (Å²) >= 11 is 0. The van der Waals surface area contributed by atoms with Crippen molar-refractivity contribution in [3.8, 4) is 0 Å². The maximum absolute atomic E-state index is 9.68. The molecule has 0 spiro atoms. The van der Waals surface area contributed by atoms with Crippen LogP contribution in [0.4, 0.5) is 9.59 Å². The van der Waals surface area contributed by atoms with Crippen molar-refractivity contribution in [1.82, 2.24) is 0 Å². The van der Waals surface area contributed by atoms with Crippen LogP contribution in [-0.4, -0.2) is 29.1 Å². The summed E-state index contributed by atoms with van der Waals surface area (Å²) in [7, 11) is 0. The molecular weight excluding hydrogens is 318 g/mol. The predicted octanol–water partition coefficient (Wildman–Crippen LogP) is -3.56. The van der Waals surface area contributed by atoms with Crippen molar-refractivity contribution in [2.75, 3.05) is 0 Å². The molecule has 0 unspecified atom stereocenters. The van der Waals surface area contributed by atoms with E-state index < -0.39 is 17.1 Å². The summed E-state index contributed by atoms with van der Waals surface area (Å²) in [5.74, 6) is -0.625. The van der Waals surface area contributed by atoms with Gasteiger partial charge in [-0.15, -0.1) is 0 Å². The molecule has 0 saturated carbocycles. The number of nitrogens with two attached hydrogens (primary N) is 6. The topological polar surface area (TPSA) is 281 Å². The van der Waals surface area contributed by atoms with E-state index in [0.717, 1.165) is 0 Å². The standard InChI is InChI=1S/2C2H6N4O.Cu.NO3/c2*3-1(4)6-2(5)7;;2-1(3)4/h2*(H6,3,4,5,6,7);;/q;;+2;-1. The van der Waals surface area contributed by atoms with Crippen molar-refractivity contribution >= 4 is 24.0 Å². The maximum atomic E-state index is 9.68. The molecule has 0 heterocycles. The van der Waals surface area contributed by atoms with Crippen molar-refractivity contribution in [1.29, 1.82) is 0 Å². The zero-order chi connectivity index (χ0) is 15.3. The number of aliphatic imine (C=N–C) groups is 2. The summed E-state index contributed by atoms with van der Waals surface area (Å²) in [6.07, 6.45) is 0. The Hall–Kier alpha value is -2.80. The van der Waals surface area contributed by atoms with Gasteiger partial charge in [-0.2, -0.15) is 9.98 Å². The molecule has 0 bridgehead atoms. The van der Waals surface area contributed by atoms with Crippen molar-refractivity contribution in [3.05, 3.63) is 15.3 Å². The fraction of sp³-hybridized carbons (Fsp3) is 0. The third-order valence-electron chi connectivity index (χ3n) is 0.479. The van der Waals surface area contributed by atoms with Gasteiger partial charge in [0, 0.05) is 0 Å². The molecule has 1 radical (unpaired) electrons. The van der Waals surface area contributed by atoms with Crippen molar-refractivity contribution in [2.45, 2.75) is 0 Å². The number of hydrogen-bond acceptors (Lipinski definition) is 5. The fourth-order valence-electron chi connectivity index (χ4n) is 0.254. The summed E-state index contributed by atoms with van der Waals surface area (Å²) in [5, 5.41) is 14.8. The van der Waals surface area contributed by atoms with E-state index >= 15 is 0 Å². The second-order valence-corrected chi connectivity index (χ2v) is 1.97. The average Bonchev–Trinajstić information content (AvgIpc) is 1.96. The van der Waals surface area contributed by atoms with E-state index in [2.05, 4.69) is 21.5 Å². The van der Waals surface area contributed by atoms with Gasteiger partial charge in [-0.1, -0.05) is 0 Å². The molecule has 113 valence electrons. The maximum Gasteiger partial charge on any atom is 2.00 e. The Morgan fingerprint density at radius 1 is 0.789 bits per heavy atom. The SMILES string of the molecule is NC(=O)N=C(N)N.NC(=O)N=C(N)N.O=[N+]([O-])[O-].[Cu+2]. The first-order chi connectivity index (χ1) is 7.98. The molecule has 0 aromatic rings. The molecule has 0 atom stereocenters. The first-order valence-electron chi connectivity index (χ1n) is 3.58. The van der Waals surface area contributed by atoms with E-state index in [1.54, 1.807) is 0 Å². The van der Waals surface area contributed by atoms with E-state index in [4.69, 9.17) is 38.3 Å². The van der Waals surface area contributed by atoms with Crippen LogP contribution in [0.25, 0.3) is 0 Å². The third kappa shape index (κ3) is 98.0. The fourth-order valence-corrected chi connectivity index (χ4v) is 0.254. The average molecular weight is 330 g/mol. The minimum atomic E-state index is -1.75. The van der Waals surface area contributed by atoms with Crippen LogP contribution in [0.15, 0.2) is 9.98 Å². The van der Waals surface area contributed by atoms with Crippen LogP contribution in [-0.2, 0) is 17.1 Å². The van der Waals surface area contributed by atoms with Crippen LogP contribution in [0, 0.1) is 15.3 Å². The molecule has 19 heavy (non-hydrogen) atoms. The van der Waals surface area contributed by atoms with Crippen molar-refractivity contribution in [3.63, 3.8) is 0 Å². The van der Waals surface area contributed by atoms with Crippen LogP contribution in [0.2, 0.25) is 0 Å². The minimum Gasteiger partial charge on any atom is -0.370 e. The smallest absolute Gasteiger partial charge is 0.370 e. The van der Waals surface area contributed by atoms with Crippen LogP contribution in [0.1, 0.15) is 0 Å². The third-order valence-corrected chi connectivity index (χ3v) is 0.479. The van der Waals surface area contributed by atoms with Gasteiger partial charge >= 0.3 is 29.1 Å². The van der Waals surface area contributed by atoms with Gasteiger partial charge in [0.1, 0.15) is 0 Å². The zero-order valence-electron chi connectivity index (χ0n) is 9.15. The van der Waals surface area contributed by atoms with Gasteiger partial charge < -0.3 is 49.7 Å². The number of urea groups is 2. The van der Waals surface area contributed by atoms with E-state index in [1.165, 1.54) is 0 Å². The predicted molar refractivity (Wildman–Crippen MR) is 61.1 cm³/mol. The Balaban J connectivity index is -0.0000000900. The second kappa shape index (κ2) is 15.2. The largest absolute Gasteiger partial charge is 2.00 e. The summed E-state index contributed by atoms with van der Waals surface area (Å²) in [5.41, 5.74) is 27.9. The number of nitrogens with zero attached hydrogens (tertiary/aromatic N) is 3. The van der Waals surface area contributed by atoms with E-state index in [9.17, 15) is 9.59 Å². The Morgan fingerprint density at radius 3 is 0.947 bits per heavy atom. The number of hydrogen-bond donors (Lipinski definition) is 6. The van der Waals surface area contributed by atoms with Crippen molar-refractivity contribution < 1.29 is 31.7 Å². The Bertz CT molecular complexity index is 315. The van der Waals surface area contributed by atoms with E-state index in [-0.39, 0.29) is 29.0 Å². The Morgan fingerprint density at radius 2 is 0.947 bits per heavy atom. The minimum absolute atomic E-state index is 0. The van der Waals surface area contributed by atoms with Crippen LogP contribution in [0.5, 0.6) is 0 Å². The zero-order valence-corrected chi connectivity index (χ0v) is 10.1. The quantitative estimate of drug-likeness (QED) is 0.0840. The van der Waals surface area contributed by atoms with Crippen LogP contribution in [0.3, 0.4) is 0 Å². The van der Waals surface area contributed by atoms with Crippen LogP contribution < -0.4 is 34.4 Å². The summed E-state index contributed by atoms with van der Waals surface area (Å²) in [6.45, 7) is 0. The van der Waals surface area contributed by atoms with Gasteiger partial charge in [-0.3, -0.25) is 0 Å². The van der Waals surface area contributed by atoms with Gasteiger partial charge in [-0.25, -0.2) is 9.59 Å². The summed E-state index contributed by atoms with van der Waals surface area (Å²) in [4.78, 5) is 33.4. The molecule has 0 aliphatic carbocycles. The van der Waals surface area contributed by atoms with E-state index in [0.29, 0.717) is 0 Å². The molecule has 15 heteroatoms. The van der Waals surface area contributed by atoms with E-state index in [1.807, 2.05) is 0 Å². The second-order valence-electron chi connectivity index (χ2n) is 1.97. The number of rotatable bonds is 0. The van der Waals surface area contributed by atoms with Gasteiger partial charge in [0.25, 0.3) is 0 Å². The van der Waals surface area contributed by atoms with Gasteiger partial charge in [-0.05, 0) is 0 Å². The molecule has 0 saturated heterocycles. The number of carbonyl (C=O) groups excluding carboxylic acids is 2. The number of carbonyl (C=O) groups is 2. The molecule has 0 aromatic carbocycles. The Kier molecular flexibility index (Phi) is 20.1. The normalized spacial score (nSPS) is 6.74. The van der Waals surface area contributed by atoms with Crippen LogP contribution >= 0.6 is 0 Å². The van der Waals surface area contributed by atoms with Crippen molar-refractivity contribution in [2.24, 2.45) is 44.4 Å². The van der Waals surface area contributed by atoms with Gasteiger partial charge in [0.2, 0.25) is 0 Å². The van der Waals surface area contributed by atoms with Gasteiger partial charge in [0.05, 0.1) is 5.09 Å². The van der Waals surface area contributed by atoms with Gasteiger partial charge in [0.15, 0.2) is 11.9 Å². The summed E-state index contributed by atoms with van der Waals surface area (Å²) in [6, 6.07) is -1.75. The summed E-state index contributed by atoms with van der Waals surface area (Å²) < 4.78 is 0. The molecular formula is C4H12CuN9O5+. The molecule has 0 fully saturated rings. The molecule has 0 aromatic heterocycles.